The van der Waals surface area contributed by atoms with Gasteiger partial charge in [0.25, 0.3) is 0 Å². The van der Waals surface area contributed by atoms with Crippen LogP contribution in [0.25, 0.3) is 32.9 Å². The van der Waals surface area contributed by atoms with E-state index in [-0.39, 0.29) is 16.7 Å². The van der Waals surface area contributed by atoms with Gasteiger partial charge in [0, 0.05) is 48.3 Å². The van der Waals surface area contributed by atoms with Gasteiger partial charge in [-0.2, -0.15) is 9.97 Å². The van der Waals surface area contributed by atoms with Crippen molar-refractivity contribution in [2.45, 2.75) is 70.3 Å². The molecule has 4 aliphatic rings. The van der Waals surface area contributed by atoms with Gasteiger partial charge in [0.1, 0.15) is 17.4 Å². The number of terminal acetylenes is 1. The molecule has 8 rings (SSSR count). The molecule has 0 radical (unpaired) electrons. The topological polar surface area (TPSA) is 83.8 Å². The lowest BCUT2D eigenvalue weighted by Gasteiger charge is -2.46. The molecule has 2 aliphatic heterocycles. The lowest BCUT2D eigenvalue weighted by Crippen LogP contribution is -2.52. The molecule has 4 heterocycles. The number of phenols is 1. The maximum Gasteiger partial charge on any atom is 0.318 e. The number of phenolic OH excluding ortho intramolecular Hbond substituents is 1. The molecule has 250 valence electrons. The highest BCUT2D eigenvalue weighted by molar-refractivity contribution is 6.02. The molecule has 0 spiro atoms. The van der Waals surface area contributed by atoms with Crippen molar-refractivity contribution < 1.29 is 19.0 Å². The Morgan fingerprint density at radius 3 is 2.77 bits per heavy atom. The summed E-state index contributed by atoms with van der Waals surface area (Å²) in [6.07, 6.45) is 20.0. The molecule has 9 heteroatoms. The fraction of sp³-hybridized carbons (Fsp3) is 0.513. The number of rotatable bonds is 8. The van der Waals surface area contributed by atoms with Crippen molar-refractivity contribution in [2.24, 2.45) is 11.3 Å². The Morgan fingerprint density at radius 2 is 1.92 bits per heavy atom. The predicted molar refractivity (Wildman–Crippen MR) is 186 cm³/mol. The van der Waals surface area contributed by atoms with Crippen LogP contribution in [-0.4, -0.2) is 77.0 Å². The molecule has 2 saturated heterocycles. The summed E-state index contributed by atoms with van der Waals surface area (Å²) < 4.78 is 27.3. The summed E-state index contributed by atoms with van der Waals surface area (Å²) in [7, 11) is 0. The molecule has 1 N–H and O–H groups in total. The van der Waals surface area contributed by atoms with Gasteiger partial charge in [0.05, 0.1) is 35.4 Å². The quantitative estimate of drug-likeness (QED) is 0.203. The third kappa shape index (κ3) is 5.83. The summed E-state index contributed by atoms with van der Waals surface area (Å²) in [5.41, 5.74) is 2.01. The van der Waals surface area contributed by atoms with Gasteiger partial charge in [-0.3, -0.25) is 9.88 Å². The molecule has 48 heavy (non-hydrogen) atoms. The zero-order chi connectivity index (χ0) is 32.7. The number of likely N-dealkylation sites (tertiary alicyclic amines) is 1. The number of fused-ring (bicyclic) bond motifs is 3. The number of hydrogen-bond acceptors (Lipinski definition) is 8. The normalized spacial score (nSPS) is 23.5. The number of aromatic hydroxyl groups is 1. The summed E-state index contributed by atoms with van der Waals surface area (Å²) >= 11 is 0. The Balaban J connectivity index is 1.16. The summed E-state index contributed by atoms with van der Waals surface area (Å²) in [6.45, 7) is 5.84. The van der Waals surface area contributed by atoms with Crippen LogP contribution in [0.1, 0.15) is 69.8 Å². The standard InChI is InChI=1S/C39H44FN5O3/c1-2-29-32(40)11-10-27-21-28(46)22-30(36(27)29)33-23-34-31(24-41-33)37(45-16-6-19-47-20-18-45)43-38(42-34)48-25-39-13-4-9-35(39)44(15-5-14-39)17-12-26-7-3-8-26/h1,10-11,21-24,26,35,46H,3-9,12-20,25H2/t35-,39-/m1/s1. The van der Waals surface area contributed by atoms with Crippen LogP contribution in [0.15, 0.2) is 36.5 Å². The molecular weight excluding hydrogens is 605 g/mol. The number of piperidine rings is 1. The maximum absolute atomic E-state index is 14.9. The van der Waals surface area contributed by atoms with Crippen molar-refractivity contribution in [2.75, 3.05) is 50.9 Å². The molecule has 0 unspecified atom stereocenters. The minimum atomic E-state index is -0.490. The average Bonchev–Trinajstić information content (AvgIpc) is 3.33. The molecule has 2 aliphatic carbocycles. The predicted octanol–water partition coefficient (Wildman–Crippen LogP) is 7.10. The van der Waals surface area contributed by atoms with Crippen molar-refractivity contribution in [3.05, 3.63) is 47.9 Å². The molecule has 8 nitrogen and oxygen atoms in total. The largest absolute Gasteiger partial charge is 0.508 e. The molecule has 2 atom stereocenters. The molecular formula is C39H44FN5O3. The van der Waals surface area contributed by atoms with E-state index in [0.29, 0.717) is 66.0 Å². The van der Waals surface area contributed by atoms with E-state index in [1.54, 1.807) is 24.4 Å². The van der Waals surface area contributed by atoms with Crippen LogP contribution < -0.4 is 9.64 Å². The Bertz CT molecular complexity index is 1860. The number of benzene rings is 2. The molecule has 0 bridgehead atoms. The zero-order valence-electron chi connectivity index (χ0n) is 27.6. The van der Waals surface area contributed by atoms with Crippen molar-refractivity contribution in [1.29, 1.82) is 0 Å². The van der Waals surface area contributed by atoms with E-state index in [1.165, 1.54) is 76.9 Å². The van der Waals surface area contributed by atoms with Crippen LogP contribution >= 0.6 is 0 Å². The van der Waals surface area contributed by atoms with Crippen LogP contribution in [0.3, 0.4) is 0 Å². The Morgan fingerprint density at radius 1 is 1.02 bits per heavy atom. The fourth-order valence-electron chi connectivity index (χ4n) is 8.79. The number of pyridine rings is 1. The van der Waals surface area contributed by atoms with E-state index in [2.05, 4.69) is 15.7 Å². The van der Waals surface area contributed by atoms with Crippen LogP contribution in [-0.2, 0) is 4.74 Å². The van der Waals surface area contributed by atoms with Crippen LogP contribution in [0.5, 0.6) is 11.8 Å². The number of hydrogen-bond donors (Lipinski definition) is 1. The third-order valence-corrected chi connectivity index (χ3v) is 11.5. The van der Waals surface area contributed by atoms with Gasteiger partial charge in [-0.25, -0.2) is 4.39 Å². The number of aromatic nitrogens is 3. The van der Waals surface area contributed by atoms with Gasteiger partial charge in [-0.05, 0) is 87.2 Å². The van der Waals surface area contributed by atoms with E-state index >= 15 is 0 Å². The molecule has 0 amide bonds. The molecule has 2 aromatic carbocycles. The monoisotopic (exact) mass is 649 g/mol. The first-order valence-corrected chi connectivity index (χ1v) is 17.8. The second kappa shape index (κ2) is 13.1. The highest BCUT2D eigenvalue weighted by atomic mass is 19.1. The second-order valence-corrected chi connectivity index (χ2v) is 14.3. The van der Waals surface area contributed by atoms with Crippen LogP contribution in [0, 0.1) is 29.5 Å². The minimum absolute atomic E-state index is 0.0468. The summed E-state index contributed by atoms with van der Waals surface area (Å²) in [5, 5.41) is 12.6. The Labute approximate surface area is 281 Å². The zero-order valence-corrected chi connectivity index (χ0v) is 27.6. The number of anilines is 1. The Kier molecular flexibility index (Phi) is 8.56. The van der Waals surface area contributed by atoms with Crippen molar-refractivity contribution in [1.82, 2.24) is 19.9 Å². The average molecular weight is 650 g/mol. The fourth-order valence-corrected chi connectivity index (χ4v) is 8.79. The molecule has 4 fully saturated rings. The minimum Gasteiger partial charge on any atom is -0.508 e. The first kappa shape index (κ1) is 31.3. The molecule has 2 saturated carbocycles. The smallest absolute Gasteiger partial charge is 0.318 e. The van der Waals surface area contributed by atoms with Gasteiger partial charge in [-0.15, -0.1) is 6.42 Å². The SMILES string of the molecule is C#Cc1c(F)ccc2cc(O)cc(-c3cc4nc(OC[C@]56CCC[C@H]5N(CCC5CCC5)CCC6)nc(N5CCCOCC5)c4cn3)c12. The lowest BCUT2D eigenvalue weighted by atomic mass is 9.75. The lowest BCUT2D eigenvalue weighted by molar-refractivity contribution is -0.00420. The van der Waals surface area contributed by atoms with E-state index in [0.717, 1.165) is 30.1 Å². The van der Waals surface area contributed by atoms with Crippen molar-refractivity contribution in [3.63, 3.8) is 0 Å². The first-order chi connectivity index (χ1) is 23.5. The third-order valence-electron chi connectivity index (χ3n) is 11.5. The van der Waals surface area contributed by atoms with Crippen molar-refractivity contribution >= 4 is 27.5 Å². The molecule has 2 aromatic heterocycles. The van der Waals surface area contributed by atoms with Gasteiger partial charge >= 0.3 is 6.01 Å². The van der Waals surface area contributed by atoms with E-state index < -0.39 is 5.82 Å². The number of ether oxygens (including phenoxy) is 2. The van der Waals surface area contributed by atoms with E-state index in [4.69, 9.17) is 30.8 Å². The first-order valence-electron chi connectivity index (χ1n) is 17.8. The van der Waals surface area contributed by atoms with E-state index in [1.807, 2.05) is 6.07 Å². The van der Waals surface area contributed by atoms with Gasteiger partial charge in [0.15, 0.2) is 0 Å². The number of halogens is 1. The highest BCUT2D eigenvalue weighted by Crippen LogP contribution is 2.48. The van der Waals surface area contributed by atoms with Gasteiger partial charge < -0.3 is 19.5 Å². The van der Waals surface area contributed by atoms with Gasteiger partial charge in [0.2, 0.25) is 0 Å². The maximum atomic E-state index is 14.9. The van der Waals surface area contributed by atoms with E-state index in [9.17, 15) is 9.50 Å². The Hall–Kier alpha value is -4.00. The summed E-state index contributed by atoms with van der Waals surface area (Å²) in [6, 6.07) is 8.92. The van der Waals surface area contributed by atoms with Gasteiger partial charge in [-0.1, -0.05) is 37.7 Å². The summed E-state index contributed by atoms with van der Waals surface area (Å²) in [4.78, 5) is 19.8. The molecule has 4 aromatic rings. The van der Waals surface area contributed by atoms with Crippen LogP contribution in [0.4, 0.5) is 10.2 Å². The second-order valence-electron chi connectivity index (χ2n) is 14.3. The van der Waals surface area contributed by atoms with Crippen molar-refractivity contribution in [3.8, 4) is 35.4 Å². The number of nitrogens with zero attached hydrogens (tertiary/aromatic N) is 5. The van der Waals surface area contributed by atoms with Crippen LogP contribution in [0.2, 0.25) is 0 Å². The highest BCUT2D eigenvalue weighted by Gasteiger charge is 2.48. The summed E-state index contributed by atoms with van der Waals surface area (Å²) in [5.74, 6) is 3.76.